The number of hydrogen-bond donors (Lipinski definition) is 0. The Bertz CT molecular complexity index is 1190. The van der Waals surface area contributed by atoms with Crippen LogP contribution in [-0.2, 0) is 41.5 Å². The van der Waals surface area contributed by atoms with Crippen molar-refractivity contribution in [3.05, 3.63) is 71.8 Å². The molecule has 0 N–H and O–H groups in total. The van der Waals surface area contributed by atoms with Crippen LogP contribution in [0, 0.1) is 10.8 Å². The molecule has 2 aromatic rings. The number of carbonyl (C=O) groups is 4. The van der Waals surface area contributed by atoms with Gasteiger partial charge in [0.2, 0.25) is 0 Å². The second-order valence-corrected chi connectivity index (χ2v) is 14.1. The quantitative estimate of drug-likeness (QED) is 0.250. The van der Waals surface area contributed by atoms with Crippen molar-refractivity contribution >= 4 is 47.0 Å². The third-order valence-electron chi connectivity index (χ3n) is 7.45. The van der Waals surface area contributed by atoms with Crippen LogP contribution >= 0.6 is 23.5 Å². The van der Waals surface area contributed by atoms with E-state index in [2.05, 4.69) is 0 Å². The van der Waals surface area contributed by atoms with Gasteiger partial charge in [0.25, 0.3) is 0 Å². The van der Waals surface area contributed by atoms with E-state index in [4.69, 9.17) is 9.47 Å². The van der Waals surface area contributed by atoms with Crippen LogP contribution in [0.3, 0.4) is 0 Å². The van der Waals surface area contributed by atoms with Gasteiger partial charge < -0.3 is 9.47 Å². The third kappa shape index (κ3) is 6.44. The molecule has 0 spiro atoms. The van der Waals surface area contributed by atoms with Gasteiger partial charge in [0, 0.05) is 12.8 Å². The first-order valence-corrected chi connectivity index (χ1v) is 15.6. The number of alkyl halides is 2. The molecule has 0 aromatic heterocycles. The second kappa shape index (κ2) is 13.3. The molecule has 2 aliphatic rings. The van der Waals surface area contributed by atoms with Gasteiger partial charge in [-0.15, -0.1) is 0 Å². The van der Waals surface area contributed by atoms with Crippen LogP contribution < -0.4 is 0 Å². The van der Waals surface area contributed by atoms with E-state index in [0.29, 0.717) is 0 Å². The maximum absolute atomic E-state index is 14.3. The lowest BCUT2D eigenvalue weighted by atomic mass is 9.79. The van der Waals surface area contributed by atoms with E-state index in [1.54, 1.807) is 41.5 Å². The highest BCUT2D eigenvalue weighted by atomic mass is 32.2. The summed E-state index contributed by atoms with van der Waals surface area (Å²) in [6.45, 7) is 9.85. The van der Waals surface area contributed by atoms with Crippen molar-refractivity contribution in [1.29, 1.82) is 0 Å². The Morgan fingerprint density at radius 3 is 1.21 bits per heavy atom. The number of hydrogen-bond acceptors (Lipinski definition) is 8. The Balaban J connectivity index is 0.000000230. The van der Waals surface area contributed by atoms with Gasteiger partial charge in [0.1, 0.15) is 0 Å². The summed E-state index contributed by atoms with van der Waals surface area (Å²) in [5, 5.41) is 0. The molecule has 4 atom stereocenters. The van der Waals surface area contributed by atoms with E-state index in [0.717, 1.165) is 34.7 Å². The SMILES string of the molecule is CCOC(=O)[C@@]1(Cc2ccccc2)S[C@@H](F)C(C)(C)C1=O.CCOC(=O)[C@@]1(Cc2ccccc2)S[C@H](F)C(C)(C)C1=O. The Morgan fingerprint density at radius 2 is 0.976 bits per heavy atom. The average molecular weight is 621 g/mol. The average Bonchev–Trinajstić information content (AvgIpc) is 3.24. The first-order valence-electron chi connectivity index (χ1n) is 13.8. The number of esters is 2. The molecule has 228 valence electrons. The molecule has 0 unspecified atom stereocenters. The molecule has 0 radical (unpaired) electrons. The van der Waals surface area contributed by atoms with Gasteiger partial charge in [-0.3, -0.25) is 19.2 Å². The molecule has 2 heterocycles. The third-order valence-corrected chi connectivity index (χ3v) is 10.8. The molecule has 0 bridgehead atoms. The van der Waals surface area contributed by atoms with Crippen molar-refractivity contribution < 1.29 is 37.4 Å². The van der Waals surface area contributed by atoms with E-state index < -0.39 is 54.8 Å². The van der Waals surface area contributed by atoms with Crippen LogP contribution in [0.2, 0.25) is 0 Å². The van der Waals surface area contributed by atoms with Gasteiger partial charge in [-0.2, -0.15) is 0 Å². The zero-order valence-corrected chi connectivity index (χ0v) is 26.4. The number of carbonyl (C=O) groups excluding carboxylic acids is 4. The second-order valence-electron chi connectivity index (χ2n) is 11.4. The maximum Gasteiger partial charge on any atom is 0.330 e. The predicted molar refractivity (Wildman–Crippen MR) is 162 cm³/mol. The van der Waals surface area contributed by atoms with Crippen molar-refractivity contribution in [2.45, 2.75) is 74.9 Å². The van der Waals surface area contributed by atoms with Crippen LogP contribution in [0.5, 0.6) is 0 Å². The van der Waals surface area contributed by atoms with Crippen molar-refractivity contribution in [3.63, 3.8) is 0 Å². The fourth-order valence-corrected chi connectivity index (χ4v) is 7.99. The summed E-state index contributed by atoms with van der Waals surface area (Å²) in [4.78, 5) is 50.2. The number of ketones is 2. The van der Waals surface area contributed by atoms with E-state index in [1.807, 2.05) is 60.7 Å². The number of rotatable bonds is 8. The standard InChI is InChI=1S/2C16H19FO3S/c2*1-4-20-14(19)16(10-11-8-6-5-7-9-11)12(18)15(2,3)13(17)21-16/h2*5-9,13H,4,10H2,1-3H3/t13-,16+;13-,16-/m10/s1. The zero-order chi connectivity index (χ0) is 31.3. The van der Waals surface area contributed by atoms with Crippen molar-refractivity contribution in [1.82, 2.24) is 0 Å². The first kappa shape index (κ1) is 33.8. The molecule has 2 fully saturated rings. The molecule has 10 heteroatoms. The summed E-state index contributed by atoms with van der Waals surface area (Å²) in [5.41, 5.74) is -3.58. The van der Waals surface area contributed by atoms with Crippen molar-refractivity contribution in [2.24, 2.45) is 10.8 Å². The van der Waals surface area contributed by atoms with E-state index >= 15 is 0 Å². The Hall–Kier alpha value is -2.72. The van der Waals surface area contributed by atoms with Crippen LogP contribution in [0.4, 0.5) is 8.78 Å². The number of benzene rings is 2. The van der Waals surface area contributed by atoms with Gasteiger partial charge in [-0.05, 0) is 52.7 Å². The molecule has 2 aromatic carbocycles. The minimum Gasteiger partial charge on any atom is -0.465 e. The van der Waals surface area contributed by atoms with E-state index in [9.17, 15) is 28.0 Å². The summed E-state index contributed by atoms with van der Waals surface area (Å²) < 4.78 is 35.7. The fourth-order valence-electron chi connectivity index (χ4n) is 4.93. The Morgan fingerprint density at radius 1 is 0.667 bits per heavy atom. The van der Waals surface area contributed by atoms with Crippen LogP contribution in [-0.4, -0.2) is 57.2 Å². The largest absolute Gasteiger partial charge is 0.465 e. The topological polar surface area (TPSA) is 86.7 Å². The van der Waals surface area contributed by atoms with Crippen molar-refractivity contribution in [2.75, 3.05) is 13.2 Å². The summed E-state index contributed by atoms with van der Waals surface area (Å²) >= 11 is 1.56. The molecule has 4 rings (SSSR count). The number of halogens is 2. The molecule has 0 aliphatic carbocycles. The number of ether oxygens (including phenoxy) is 2. The lowest BCUT2D eigenvalue weighted by Crippen LogP contribution is -2.47. The monoisotopic (exact) mass is 620 g/mol. The molecular weight excluding hydrogens is 582 g/mol. The Kier molecular flexibility index (Phi) is 10.7. The Labute approximate surface area is 254 Å². The van der Waals surface area contributed by atoms with Crippen molar-refractivity contribution in [3.8, 4) is 0 Å². The molecule has 2 saturated heterocycles. The van der Waals surface area contributed by atoms with Crippen LogP contribution in [0.25, 0.3) is 0 Å². The number of Topliss-reactive ketones (excluding diaryl/α,β-unsaturated/α-hetero) is 2. The molecule has 6 nitrogen and oxygen atoms in total. The number of thioether (sulfide) groups is 2. The molecular formula is C32H38F2O6S2. The minimum atomic E-state index is -1.49. The van der Waals surface area contributed by atoms with Gasteiger partial charge in [-0.1, -0.05) is 84.2 Å². The molecule has 0 saturated carbocycles. The lowest BCUT2D eigenvalue weighted by Gasteiger charge is -2.25. The van der Waals surface area contributed by atoms with E-state index in [-0.39, 0.29) is 26.1 Å². The molecule has 42 heavy (non-hydrogen) atoms. The van der Waals surface area contributed by atoms with Crippen LogP contribution in [0.1, 0.15) is 52.7 Å². The first-order chi connectivity index (χ1) is 19.7. The maximum atomic E-state index is 14.3. The highest BCUT2D eigenvalue weighted by molar-refractivity contribution is 8.03. The summed E-state index contributed by atoms with van der Waals surface area (Å²) in [5.74, 6) is -2.07. The highest BCUT2D eigenvalue weighted by Crippen LogP contribution is 2.54. The van der Waals surface area contributed by atoms with Gasteiger partial charge >= 0.3 is 11.9 Å². The smallest absolute Gasteiger partial charge is 0.330 e. The zero-order valence-electron chi connectivity index (χ0n) is 24.8. The van der Waals surface area contributed by atoms with Gasteiger partial charge in [-0.25, -0.2) is 8.78 Å². The highest BCUT2D eigenvalue weighted by Gasteiger charge is 2.65. The predicted octanol–water partition coefficient (Wildman–Crippen LogP) is 6.34. The normalized spacial score (nSPS) is 27.6. The molecule has 0 amide bonds. The summed E-state index contributed by atoms with van der Waals surface area (Å²) in [7, 11) is 0. The lowest BCUT2D eigenvalue weighted by molar-refractivity contribution is -0.152. The van der Waals surface area contributed by atoms with Gasteiger partial charge in [0.05, 0.1) is 24.0 Å². The van der Waals surface area contributed by atoms with E-state index in [1.165, 1.54) is 0 Å². The minimum absolute atomic E-state index is 0.153. The van der Waals surface area contributed by atoms with Gasteiger partial charge in [0.15, 0.2) is 32.1 Å². The van der Waals surface area contributed by atoms with Crippen LogP contribution in [0.15, 0.2) is 60.7 Å². The summed E-state index contributed by atoms with van der Waals surface area (Å²) in [6.07, 6.45) is 0.306. The fraction of sp³-hybridized carbons (Fsp3) is 0.500. The summed E-state index contributed by atoms with van der Waals surface area (Å²) in [6, 6.07) is 18.3. The molecule has 2 aliphatic heterocycles.